The molecule has 9 aromatic rings. The van der Waals surface area contributed by atoms with Gasteiger partial charge in [0.1, 0.15) is 103 Å². The highest BCUT2D eigenvalue weighted by Gasteiger charge is 2.51. The Labute approximate surface area is 738 Å². The third-order valence-electron chi connectivity index (χ3n) is 20.9. The molecule has 0 bridgehead atoms. The molecule has 0 aliphatic carbocycles. The van der Waals surface area contributed by atoms with Crippen LogP contribution in [0.2, 0.25) is 0 Å². The summed E-state index contributed by atoms with van der Waals surface area (Å²) in [4.78, 5) is 181. The van der Waals surface area contributed by atoms with Gasteiger partial charge in [-0.15, -0.1) is 0 Å². The van der Waals surface area contributed by atoms with E-state index in [1.54, 1.807) is 11.5 Å². The molecule has 24 atom stereocenters. The maximum absolute atomic E-state index is 14.8. The number of rotatable bonds is 35. The van der Waals surface area contributed by atoms with Crippen molar-refractivity contribution in [3.8, 4) is 0 Å². The van der Waals surface area contributed by atoms with Crippen molar-refractivity contribution in [3.05, 3.63) is 129 Å². The minimum absolute atomic E-state index is 0.0229. The molecule has 15 heterocycles. The number of nitrogens with zero attached hydrogens (tertiary/aromatic N) is 15. The SMILES string of the molecule is CC[C@H]1O[C@@H](n2cnc3c(N)ncnc32)CC1OP(O)(=S)OC[C@H]1O[C@@H](n2cc(C)c(=O)[nH]c2=O)CC1OP(=O)(S)OC[C@H]1O[C@@H](n2cc(C)c(=O)[nH]c2=O)CC1OP(O)(=S)OC[C@H]1O[C@@H](n2cc(C)c(N)nc2=O)CC1OP(O)(=S)OC[C@H]1O[C@@H](n2cnc3c(N)ncnc32)CC1OP(O)(=S)OC[C@H]1O[C@@H](n2cnc3c(=O)[nH]c(N)nc32)CC1OP(O)(=S)OC. The van der Waals surface area contributed by atoms with Crippen LogP contribution in [0.3, 0.4) is 0 Å². The second kappa shape index (κ2) is 37.8. The normalized spacial score (nSPS) is 29.4. The summed E-state index contributed by atoms with van der Waals surface area (Å²) in [5.74, 6) is -0.166. The lowest BCUT2D eigenvalue weighted by atomic mass is 10.1. The Morgan fingerprint density at radius 3 is 1.15 bits per heavy atom. The van der Waals surface area contributed by atoms with Crippen molar-refractivity contribution in [2.24, 2.45) is 0 Å². The van der Waals surface area contributed by atoms with Crippen molar-refractivity contribution in [2.75, 3.05) is 63.1 Å². The van der Waals surface area contributed by atoms with E-state index < -0.39 is 218 Å². The first-order valence-electron chi connectivity index (χ1n) is 37.8. The van der Waals surface area contributed by atoms with Gasteiger partial charge in [-0.1, -0.05) is 19.2 Å². The summed E-state index contributed by atoms with van der Waals surface area (Å²) in [6.45, 7) is -24.1. The quantitative estimate of drug-likeness (QED) is 0.0199. The van der Waals surface area contributed by atoms with Gasteiger partial charge in [0, 0.05) is 80.9 Å². The number of aryl methyl sites for hydroxylation is 3. The van der Waals surface area contributed by atoms with Crippen LogP contribution in [-0.2, 0) is 146 Å². The number of nitrogens with two attached hydrogens (primary N) is 4. The average molecular weight is 1990 g/mol. The zero-order valence-electron chi connectivity index (χ0n) is 66.1. The zero-order valence-corrected chi connectivity index (χ0v) is 76.5. The maximum Gasteiger partial charge on any atom is 0.386 e. The number of imidazole rings is 3. The van der Waals surface area contributed by atoms with Gasteiger partial charge in [-0.3, -0.25) is 65.8 Å². The standard InChI is InChI=1S/C62H82N22O30P6S6/c1-6-29-30(7-44(103-29)82-23-71-47-51(64)67-21-69-53(47)82)110-116(92,122)98-17-38-33(9-42(105-38)80-14-27(3)56(85)77-61(80)89)112-118(94,124)101-19-39-34(10-43(106-39)81-15-28(4)57(86)78-62(81)90)113-117(93,123)100-18-37-32(8-41(104-37)79-13-26(2)50(63)74-60(79)88)111-119(95,125)102-20-40-35(12-45(107-40)83-24-72-48-52(65)68-22-70-54(48)83)114-120(96,126)99-16-36-31(109-115(91,121)97-5)11-46(108-36)84-25-73-49-55(84)75-59(66)76-58(49)87/h13-15,21-25,29-46H,6-12,16-20H2,1-5H3,(H,91,121)(H,92,122)(H,93,123)(H,94,124)(H,95,125)(H,96,126)(H2,63,74,88)(H2,64,67,69)(H2,65,68,70)(H,77,85,89)(H,78,86,90)(H3,66,75,76,87)/t29-,30?,31?,32?,33?,34?,35?,36-,37-,38-,39-,40-,41-,42-,43-,44-,45-,46-,115?,116?,117?,118?,119?,120?/m1/s1. The molecule has 686 valence electrons. The molecule has 0 amide bonds. The second-order valence-electron chi connectivity index (χ2n) is 29.3. The molecule has 126 heavy (non-hydrogen) atoms. The van der Waals surface area contributed by atoms with Gasteiger partial charge >= 0.3 is 57.5 Å². The molecule has 6 aliphatic heterocycles. The van der Waals surface area contributed by atoms with Gasteiger partial charge in [0.25, 0.3) is 16.7 Å². The molecular formula is C62H82N22O30P6S6. The van der Waals surface area contributed by atoms with E-state index in [0.29, 0.717) is 23.1 Å². The van der Waals surface area contributed by atoms with Gasteiger partial charge < -0.3 is 121 Å². The van der Waals surface area contributed by atoms with E-state index in [4.69, 9.17) is 165 Å². The third-order valence-corrected chi connectivity index (χ3v) is 30.6. The first kappa shape index (κ1) is 94.4. The van der Waals surface area contributed by atoms with E-state index in [1.807, 2.05) is 6.92 Å². The Bertz CT molecular complexity index is 6330. The Balaban J connectivity index is 0.634. The summed E-state index contributed by atoms with van der Waals surface area (Å²) >= 11 is 32.0. The Morgan fingerprint density at radius 1 is 0.421 bits per heavy atom. The summed E-state index contributed by atoms with van der Waals surface area (Å²) in [5, 5.41) is 0. The van der Waals surface area contributed by atoms with Gasteiger partial charge in [0.2, 0.25) is 5.95 Å². The summed E-state index contributed by atoms with van der Waals surface area (Å²) in [5.41, 5.74) is 20.8. The number of fused-ring (bicyclic) bond motifs is 3. The van der Waals surface area contributed by atoms with E-state index in [9.17, 15) is 57.8 Å². The van der Waals surface area contributed by atoms with E-state index in [1.165, 1.54) is 73.2 Å². The van der Waals surface area contributed by atoms with Gasteiger partial charge in [-0.05, 0) is 86.2 Å². The number of anilines is 4. The zero-order chi connectivity index (χ0) is 90.2. The highest BCUT2D eigenvalue weighted by atomic mass is 32.7. The van der Waals surface area contributed by atoms with Crippen LogP contribution in [0.4, 0.5) is 23.4 Å². The predicted octanol–water partition coefficient (Wildman–Crippen LogP) is 1.71. The molecule has 16 N–H and O–H groups in total. The van der Waals surface area contributed by atoms with Crippen LogP contribution in [0.15, 0.2) is 79.0 Å². The number of nitrogens with one attached hydrogen (secondary N) is 3. The van der Waals surface area contributed by atoms with Crippen molar-refractivity contribution in [3.63, 3.8) is 0 Å². The molecule has 0 radical (unpaired) electrons. The highest BCUT2D eigenvalue weighted by molar-refractivity contribution is 8.44. The Kier molecular flexibility index (Phi) is 28.3. The molecule has 12 unspecified atom stereocenters. The minimum atomic E-state index is -4.77. The smallest absolute Gasteiger partial charge is 0.383 e. The minimum Gasteiger partial charge on any atom is -0.383 e. The Hall–Kier alpha value is -6.20. The molecule has 52 nitrogen and oxygen atoms in total. The van der Waals surface area contributed by atoms with E-state index in [0.717, 1.165) is 20.8 Å². The largest absolute Gasteiger partial charge is 0.386 e. The molecule has 0 spiro atoms. The van der Waals surface area contributed by atoms with Crippen LogP contribution in [0, 0.1) is 20.8 Å². The van der Waals surface area contributed by atoms with E-state index in [-0.39, 0.29) is 95.4 Å². The number of nitrogen functional groups attached to an aromatic ring is 4. The number of ether oxygens (including phenoxy) is 6. The molecular weight excluding hydrogens is 1910 g/mol. The monoisotopic (exact) mass is 1990 g/mol. The highest BCUT2D eigenvalue weighted by Crippen LogP contribution is 2.60. The summed E-state index contributed by atoms with van der Waals surface area (Å²) in [6.07, 6.45) is -12.3. The molecule has 6 aliphatic rings. The first-order valence-corrected chi connectivity index (χ1v) is 53.5. The van der Waals surface area contributed by atoms with Crippen molar-refractivity contribution in [1.29, 1.82) is 0 Å². The van der Waals surface area contributed by atoms with Crippen molar-refractivity contribution < 1.29 is 112 Å². The van der Waals surface area contributed by atoms with Gasteiger partial charge in [0.05, 0.1) is 88.6 Å². The summed E-state index contributed by atoms with van der Waals surface area (Å²) < 4.78 is 132. The molecule has 0 aromatic carbocycles. The Morgan fingerprint density at radius 2 is 0.754 bits per heavy atom. The molecule has 6 saturated heterocycles. The van der Waals surface area contributed by atoms with Gasteiger partial charge in [-0.25, -0.2) is 53.8 Å². The van der Waals surface area contributed by atoms with Crippen molar-refractivity contribution >= 4 is 169 Å². The summed E-state index contributed by atoms with van der Waals surface area (Å²) in [6, 6.07) is 0. The lowest BCUT2D eigenvalue weighted by molar-refractivity contribution is -0.0563. The fourth-order valence-electron chi connectivity index (χ4n) is 14.8. The number of aromatic nitrogens is 18. The van der Waals surface area contributed by atoms with Crippen molar-refractivity contribution in [2.45, 2.75) is 183 Å². The van der Waals surface area contributed by atoms with Crippen LogP contribution < -0.4 is 56.7 Å². The molecule has 6 fully saturated rings. The number of hydrogen-bond acceptors (Lipinski definition) is 43. The van der Waals surface area contributed by atoms with E-state index in [2.05, 4.69) is 72.1 Å². The van der Waals surface area contributed by atoms with Gasteiger partial charge in [-0.2, -0.15) is 9.97 Å². The number of hydrogen-bond donors (Lipinski definition) is 13. The number of H-pyrrole nitrogens is 3. The number of aromatic amines is 3. The summed E-state index contributed by atoms with van der Waals surface area (Å²) in [7, 11) is 1.13. The van der Waals surface area contributed by atoms with Crippen LogP contribution in [0.1, 0.15) is 106 Å². The van der Waals surface area contributed by atoms with Crippen LogP contribution in [0.25, 0.3) is 33.5 Å². The van der Waals surface area contributed by atoms with Crippen LogP contribution in [0.5, 0.6) is 0 Å². The first-order chi connectivity index (χ1) is 59.5. The fraction of sp³-hybridized carbons (Fsp3) is 0.565. The average Bonchev–Trinajstić information content (AvgIpc) is 1.61. The lowest BCUT2D eigenvalue weighted by Crippen LogP contribution is -2.33. The molecule has 64 heteroatoms. The second-order valence-corrected chi connectivity index (χ2v) is 46.3. The van der Waals surface area contributed by atoms with Crippen LogP contribution >= 0.6 is 52.6 Å². The molecule has 0 saturated carbocycles. The molecule has 15 rings (SSSR count). The fourth-order valence-corrected chi connectivity index (χ4v) is 23.2. The van der Waals surface area contributed by atoms with Crippen molar-refractivity contribution in [1.82, 2.24) is 87.2 Å². The van der Waals surface area contributed by atoms with Crippen LogP contribution in [-0.4, -0.2) is 225 Å². The lowest BCUT2D eigenvalue weighted by Gasteiger charge is -2.28. The maximum atomic E-state index is 14.8. The van der Waals surface area contributed by atoms with Gasteiger partial charge in [0.15, 0.2) is 34.1 Å². The molecule has 9 aromatic heterocycles. The van der Waals surface area contributed by atoms with E-state index >= 15 is 0 Å². The topological polar surface area (TPSA) is 684 Å². The predicted molar refractivity (Wildman–Crippen MR) is 458 cm³/mol. The third kappa shape index (κ3) is 21.4. The number of thiol groups is 1.